The van der Waals surface area contributed by atoms with Gasteiger partial charge in [0.1, 0.15) is 11.4 Å². The Labute approximate surface area is 172 Å². The summed E-state index contributed by atoms with van der Waals surface area (Å²) in [5.74, 6) is -0.469. The molecule has 0 spiro atoms. The number of carbonyl (C=O) groups is 1. The number of ether oxygens (including phenoxy) is 1. The largest absolute Gasteiger partial charge is 0.492 e. The highest BCUT2D eigenvalue weighted by Gasteiger charge is 2.52. The summed E-state index contributed by atoms with van der Waals surface area (Å²) in [6, 6.07) is 5.94. The molecule has 0 aromatic heterocycles. The van der Waals surface area contributed by atoms with Crippen LogP contribution in [-0.4, -0.2) is 36.6 Å². The second-order valence-corrected chi connectivity index (χ2v) is 9.01. The van der Waals surface area contributed by atoms with E-state index in [9.17, 15) is 14.4 Å². The van der Waals surface area contributed by atoms with Crippen LogP contribution in [-0.2, 0) is 14.0 Å². The first kappa shape index (κ1) is 22.9. The molecule has 1 fully saturated rings. The standard InChI is InChI=1S/C21H28BFN2O4/c1-19(2,3)27-18(26)25-13-16(22-28-20(4,5)21(6,7)29-22)10-15-11-17(23)9-8-14(15)12-24/h8-11H,13H2,1-7H3,(H,25,26). The van der Waals surface area contributed by atoms with Crippen LogP contribution in [0.5, 0.6) is 0 Å². The number of nitrogens with one attached hydrogen (secondary N) is 1. The van der Waals surface area contributed by atoms with Crippen molar-refractivity contribution in [2.45, 2.75) is 65.3 Å². The predicted octanol–water partition coefficient (Wildman–Crippen LogP) is 4.24. The molecule has 2 rings (SSSR count). The molecular formula is C21H28BFN2O4. The van der Waals surface area contributed by atoms with Gasteiger partial charge < -0.3 is 19.4 Å². The molecule has 156 valence electrons. The summed E-state index contributed by atoms with van der Waals surface area (Å²) in [7, 11) is -0.773. The molecule has 0 atom stereocenters. The molecule has 1 aliphatic rings. The van der Waals surface area contributed by atoms with Crippen LogP contribution in [0.25, 0.3) is 6.08 Å². The van der Waals surface area contributed by atoms with Crippen LogP contribution in [0.3, 0.4) is 0 Å². The van der Waals surface area contributed by atoms with Gasteiger partial charge in [0.05, 0.1) is 22.8 Å². The van der Waals surface area contributed by atoms with Crippen LogP contribution in [0.1, 0.15) is 59.6 Å². The SMILES string of the molecule is CC(C)(C)OC(=O)NCC(=Cc1cc(F)ccc1C#N)B1OC(C)(C)C(C)(C)O1. The lowest BCUT2D eigenvalue weighted by Gasteiger charge is -2.32. The lowest BCUT2D eigenvalue weighted by Crippen LogP contribution is -2.41. The molecule has 1 amide bonds. The zero-order chi connectivity index (χ0) is 22.0. The topological polar surface area (TPSA) is 80.6 Å². The van der Waals surface area contributed by atoms with E-state index < -0.39 is 35.8 Å². The van der Waals surface area contributed by atoms with Crippen molar-refractivity contribution in [3.63, 3.8) is 0 Å². The highest BCUT2D eigenvalue weighted by atomic mass is 19.1. The number of hydrogen-bond donors (Lipinski definition) is 1. The molecule has 0 radical (unpaired) electrons. The Hall–Kier alpha value is -2.37. The van der Waals surface area contributed by atoms with Gasteiger partial charge in [0.15, 0.2) is 0 Å². The maximum absolute atomic E-state index is 13.8. The number of halogens is 1. The van der Waals surface area contributed by atoms with Crippen molar-refractivity contribution in [3.05, 3.63) is 40.6 Å². The van der Waals surface area contributed by atoms with Gasteiger partial charge in [-0.15, -0.1) is 0 Å². The first-order chi connectivity index (χ1) is 13.2. The van der Waals surface area contributed by atoms with Gasteiger partial charge in [-0.3, -0.25) is 0 Å². The van der Waals surface area contributed by atoms with E-state index in [0.717, 1.165) is 0 Å². The zero-order valence-corrected chi connectivity index (χ0v) is 18.1. The Bertz CT molecular complexity index is 837. The predicted molar refractivity (Wildman–Crippen MR) is 109 cm³/mol. The second kappa shape index (κ2) is 8.17. The van der Waals surface area contributed by atoms with Gasteiger partial charge in [-0.05, 0) is 77.7 Å². The highest BCUT2D eigenvalue weighted by molar-refractivity contribution is 6.56. The van der Waals surface area contributed by atoms with Crippen molar-refractivity contribution in [2.24, 2.45) is 0 Å². The molecule has 1 N–H and O–H groups in total. The number of amides is 1. The maximum Gasteiger partial charge on any atom is 0.492 e. The van der Waals surface area contributed by atoms with Gasteiger partial charge in [0, 0.05) is 6.54 Å². The lowest BCUT2D eigenvalue weighted by molar-refractivity contribution is 0.00578. The monoisotopic (exact) mass is 402 g/mol. The Morgan fingerprint density at radius 2 is 1.86 bits per heavy atom. The summed E-state index contributed by atoms with van der Waals surface area (Å²) in [4.78, 5) is 12.1. The molecule has 0 saturated carbocycles. The molecule has 1 heterocycles. The molecule has 1 aromatic rings. The highest BCUT2D eigenvalue weighted by Crippen LogP contribution is 2.38. The number of nitrogens with zero attached hydrogens (tertiary/aromatic N) is 1. The fourth-order valence-corrected chi connectivity index (χ4v) is 2.64. The quantitative estimate of drug-likeness (QED) is 0.763. The minimum atomic E-state index is -0.773. The third-order valence-electron chi connectivity index (χ3n) is 4.87. The van der Waals surface area contributed by atoms with Gasteiger partial charge in [-0.2, -0.15) is 5.26 Å². The Balaban J connectivity index is 2.36. The summed E-state index contributed by atoms with van der Waals surface area (Å²) >= 11 is 0. The fraction of sp³-hybridized carbons (Fsp3) is 0.524. The van der Waals surface area contributed by atoms with Crippen molar-refractivity contribution >= 4 is 19.3 Å². The molecule has 8 heteroatoms. The normalized spacial score (nSPS) is 18.3. The summed E-state index contributed by atoms with van der Waals surface area (Å²) in [5, 5.41) is 12.0. The van der Waals surface area contributed by atoms with Crippen LogP contribution in [0.2, 0.25) is 0 Å². The van der Waals surface area contributed by atoms with Crippen LogP contribution >= 0.6 is 0 Å². The van der Waals surface area contributed by atoms with Gasteiger partial charge in [0.2, 0.25) is 0 Å². The minimum absolute atomic E-state index is 0.0487. The van der Waals surface area contributed by atoms with E-state index in [1.165, 1.54) is 18.2 Å². The summed E-state index contributed by atoms with van der Waals surface area (Å²) in [6.07, 6.45) is 1.01. The minimum Gasteiger partial charge on any atom is -0.444 e. The third-order valence-corrected chi connectivity index (χ3v) is 4.87. The van der Waals surface area contributed by atoms with Crippen molar-refractivity contribution in [1.82, 2.24) is 5.32 Å². The Morgan fingerprint density at radius 3 is 2.38 bits per heavy atom. The molecule has 0 aliphatic carbocycles. The second-order valence-electron chi connectivity index (χ2n) is 9.01. The van der Waals surface area contributed by atoms with Crippen molar-refractivity contribution in [2.75, 3.05) is 6.54 Å². The smallest absolute Gasteiger partial charge is 0.444 e. The van der Waals surface area contributed by atoms with Crippen molar-refractivity contribution in [1.29, 1.82) is 5.26 Å². The zero-order valence-electron chi connectivity index (χ0n) is 18.1. The van der Waals surface area contributed by atoms with E-state index in [0.29, 0.717) is 16.6 Å². The molecule has 1 saturated heterocycles. The van der Waals surface area contributed by atoms with E-state index in [-0.39, 0.29) is 6.54 Å². The van der Waals surface area contributed by atoms with Crippen LogP contribution in [0.15, 0.2) is 23.7 Å². The number of hydrogen-bond acceptors (Lipinski definition) is 5. The van der Waals surface area contributed by atoms with Gasteiger partial charge in [-0.25, -0.2) is 9.18 Å². The number of carbonyl (C=O) groups excluding carboxylic acids is 1. The number of nitriles is 1. The fourth-order valence-electron chi connectivity index (χ4n) is 2.64. The summed E-state index contributed by atoms with van der Waals surface area (Å²) in [6.45, 7) is 13.0. The summed E-state index contributed by atoms with van der Waals surface area (Å²) < 4.78 is 31.2. The van der Waals surface area contributed by atoms with Crippen molar-refractivity contribution in [3.8, 4) is 6.07 Å². The van der Waals surface area contributed by atoms with Crippen molar-refractivity contribution < 1.29 is 23.2 Å². The lowest BCUT2D eigenvalue weighted by atomic mass is 9.76. The summed E-state index contributed by atoms with van der Waals surface area (Å²) in [5.41, 5.74) is -0.613. The number of alkyl carbamates (subject to hydrolysis) is 1. The average molecular weight is 402 g/mol. The first-order valence-corrected chi connectivity index (χ1v) is 9.47. The molecular weight excluding hydrogens is 374 g/mol. The third kappa shape index (κ3) is 5.81. The van der Waals surface area contributed by atoms with E-state index in [1.54, 1.807) is 26.8 Å². The molecule has 1 aliphatic heterocycles. The van der Waals surface area contributed by atoms with Gasteiger partial charge in [-0.1, -0.05) is 6.08 Å². The van der Waals surface area contributed by atoms with E-state index in [2.05, 4.69) is 5.32 Å². The van der Waals surface area contributed by atoms with E-state index >= 15 is 0 Å². The molecule has 1 aromatic carbocycles. The van der Waals surface area contributed by atoms with Crippen LogP contribution in [0.4, 0.5) is 9.18 Å². The van der Waals surface area contributed by atoms with Gasteiger partial charge in [0.25, 0.3) is 0 Å². The Kier molecular flexibility index (Phi) is 6.46. The Morgan fingerprint density at radius 1 is 1.28 bits per heavy atom. The van der Waals surface area contributed by atoms with E-state index in [1.807, 2.05) is 33.8 Å². The van der Waals surface area contributed by atoms with Crippen LogP contribution in [0, 0.1) is 17.1 Å². The maximum atomic E-state index is 13.8. The first-order valence-electron chi connectivity index (χ1n) is 9.47. The van der Waals surface area contributed by atoms with E-state index in [4.69, 9.17) is 14.0 Å². The van der Waals surface area contributed by atoms with Gasteiger partial charge >= 0.3 is 13.2 Å². The molecule has 0 unspecified atom stereocenters. The molecule has 29 heavy (non-hydrogen) atoms. The van der Waals surface area contributed by atoms with Crippen LogP contribution < -0.4 is 5.32 Å². The number of benzene rings is 1. The molecule has 0 bridgehead atoms. The average Bonchev–Trinajstić information content (AvgIpc) is 2.77. The number of rotatable bonds is 4. The molecule has 6 nitrogen and oxygen atoms in total.